The van der Waals surface area contributed by atoms with E-state index in [-0.39, 0.29) is 23.9 Å². The first-order valence-electron chi connectivity index (χ1n) is 7.73. The molecule has 3 rings (SSSR count). The van der Waals surface area contributed by atoms with Crippen LogP contribution in [0.2, 0.25) is 0 Å². The SMILES string of the molecule is CC(=O)c1ccc2c(c1)CCCN2C(=O)Cc1ccc(F)cc1. The zero-order valence-electron chi connectivity index (χ0n) is 13.0. The summed E-state index contributed by atoms with van der Waals surface area (Å²) in [7, 11) is 0. The Morgan fingerprint density at radius 2 is 1.87 bits per heavy atom. The Balaban J connectivity index is 1.83. The summed E-state index contributed by atoms with van der Waals surface area (Å²) >= 11 is 0. The van der Waals surface area contributed by atoms with Crippen LogP contribution in [0, 0.1) is 5.82 Å². The standard InChI is InChI=1S/C19H18FNO2/c1-13(22)15-6-9-18-16(12-15)3-2-10-21(18)19(23)11-14-4-7-17(20)8-5-14/h4-9,12H,2-3,10-11H2,1H3. The number of fused-ring (bicyclic) bond motifs is 1. The summed E-state index contributed by atoms with van der Waals surface area (Å²) in [6, 6.07) is 11.5. The maximum absolute atomic E-state index is 13.0. The van der Waals surface area contributed by atoms with Gasteiger partial charge in [-0.15, -0.1) is 0 Å². The second kappa shape index (κ2) is 6.32. The molecule has 1 aliphatic heterocycles. The summed E-state index contributed by atoms with van der Waals surface area (Å²) in [6.45, 7) is 2.22. The number of hydrogen-bond acceptors (Lipinski definition) is 2. The molecule has 0 saturated carbocycles. The molecule has 0 aliphatic carbocycles. The maximum Gasteiger partial charge on any atom is 0.231 e. The van der Waals surface area contributed by atoms with Gasteiger partial charge in [-0.05, 0) is 61.2 Å². The first kappa shape index (κ1) is 15.4. The Labute approximate surface area is 134 Å². The molecule has 1 heterocycles. The summed E-state index contributed by atoms with van der Waals surface area (Å²) in [4.78, 5) is 25.9. The van der Waals surface area contributed by atoms with Crippen molar-refractivity contribution in [3.05, 3.63) is 65.0 Å². The minimum absolute atomic E-state index is 0.00636. The average molecular weight is 311 g/mol. The quantitative estimate of drug-likeness (QED) is 0.813. The summed E-state index contributed by atoms with van der Waals surface area (Å²) < 4.78 is 13.0. The van der Waals surface area contributed by atoms with E-state index in [2.05, 4.69) is 0 Å². The molecule has 23 heavy (non-hydrogen) atoms. The number of aryl methyl sites for hydroxylation is 1. The Kier molecular flexibility index (Phi) is 4.24. The van der Waals surface area contributed by atoms with E-state index in [9.17, 15) is 14.0 Å². The number of amides is 1. The second-order valence-electron chi connectivity index (χ2n) is 5.85. The van der Waals surface area contributed by atoms with E-state index in [0.717, 1.165) is 29.7 Å². The molecule has 0 bridgehead atoms. The highest BCUT2D eigenvalue weighted by Gasteiger charge is 2.23. The molecule has 1 amide bonds. The van der Waals surface area contributed by atoms with E-state index < -0.39 is 0 Å². The largest absolute Gasteiger partial charge is 0.312 e. The van der Waals surface area contributed by atoms with Crippen LogP contribution in [0.5, 0.6) is 0 Å². The Morgan fingerprint density at radius 1 is 1.13 bits per heavy atom. The van der Waals surface area contributed by atoms with E-state index in [1.165, 1.54) is 12.1 Å². The van der Waals surface area contributed by atoms with Crippen LogP contribution in [0.1, 0.15) is 34.8 Å². The first-order valence-corrected chi connectivity index (χ1v) is 7.73. The van der Waals surface area contributed by atoms with Gasteiger partial charge < -0.3 is 4.90 Å². The molecule has 0 fully saturated rings. The van der Waals surface area contributed by atoms with E-state index in [1.54, 1.807) is 30.0 Å². The number of ketones is 1. The lowest BCUT2D eigenvalue weighted by molar-refractivity contribution is -0.118. The molecule has 0 atom stereocenters. The summed E-state index contributed by atoms with van der Waals surface area (Å²) in [6.07, 6.45) is 1.99. The van der Waals surface area contributed by atoms with Crippen molar-refractivity contribution in [2.75, 3.05) is 11.4 Å². The number of nitrogens with zero attached hydrogens (tertiary/aromatic N) is 1. The van der Waals surface area contributed by atoms with Crippen LogP contribution < -0.4 is 4.90 Å². The third kappa shape index (κ3) is 3.31. The van der Waals surface area contributed by atoms with Crippen molar-refractivity contribution in [2.24, 2.45) is 0 Å². The van der Waals surface area contributed by atoms with Gasteiger partial charge in [0.2, 0.25) is 5.91 Å². The van der Waals surface area contributed by atoms with Gasteiger partial charge in [0.25, 0.3) is 0 Å². The fourth-order valence-corrected chi connectivity index (χ4v) is 2.95. The normalized spacial score (nSPS) is 13.6. The van der Waals surface area contributed by atoms with Gasteiger partial charge >= 0.3 is 0 Å². The van der Waals surface area contributed by atoms with Gasteiger partial charge in [-0.1, -0.05) is 12.1 Å². The lowest BCUT2D eigenvalue weighted by Crippen LogP contribution is -2.36. The van der Waals surface area contributed by atoms with Gasteiger partial charge in [0.05, 0.1) is 6.42 Å². The van der Waals surface area contributed by atoms with Crippen LogP contribution in [0.15, 0.2) is 42.5 Å². The van der Waals surface area contributed by atoms with Gasteiger partial charge in [-0.2, -0.15) is 0 Å². The third-order valence-electron chi connectivity index (χ3n) is 4.17. The number of hydrogen-bond donors (Lipinski definition) is 0. The van der Waals surface area contributed by atoms with Crippen molar-refractivity contribution in [3.63, 3.8) is 0 Å². The van der Waals surface area contributed by atoms with E-state index >= 15 is 0 Å². The number of carbonyl (C=O) groups excluding carboxylic acids is 2. The highest BCUT2D eigenvalue weighted by atomic mass is 19.1. The molecule has 1 aliphatic rings. The van der Waals surface area contributed by atoms with Crippen LogP contribution in [0.4, 0.5) is 10.1 Å². The highest BCUT2D eigenvalue weighted by molar-refractivity contribution is 5.98. The molecule has 0 radical (unpaired) electrons. The van der Waals surface area contributed by atoms with Gasteiger partial charge in [-0.3, -0.25) is 9.59 Å². The molecule has 4 heteroatoms. The predicted molar refractivity (Wildman–Crippen MR) is 87.2 cm³/mol. The van der Waals surface area contributed by atoms with Crippen molar-refractivity contribution in [2.45, 2.75) is 26.2 Å². The molecule has 2 aromatic rings. The third-order valence-corrected chi connectivity index (χ3v) is 4.17. The average Bonchev–Trinajstić information content (AvgIpc) is 2.55. The van der Waals surface area contributed by atoms with E-state index in [0.29, 0.717) is 12.1 Å². The number of rotatable bonds is 3. The molecule has 2 aromatic carbocycles. The fraction of sp³-hybridized carbons (Fsp3) is 0.263. The Bertz CT molecular complexity index is 752. The predicted octanol–water partition coefficient (Wildman–Crippen LogP) is 3.55. The van der Waals surface area contributed by atoms with Crippen molar-refractivity contribution in [3.8, 4) is 0 Å². The molecule has 0 N–H and O–H groups in total. The zero-order chi connectivity index (χ0) is 16.4. The molecule has 0 spiro atoms. The minimum Gasteiger partial charge on any atom is -0.312 e. The topological polar surface area (TPSA) is 37.4 Å². The number of benzene rings is 2. The monoisotopic (exact) mass is 311 g/mol. The molecule has 118 valence electrons. The Morgan fingerprint density at radius 3 is 2.57 bits per heavy atom. The smallest absolute Gasteiger partial charge is 0.231 e. The summed E-state index contributed by atoms with van der Waals surface area (Å²) in [5.41, 5.74) is 3.39. The van der Waals surface area contributed by atoms with Crippen molar-refractivity contribution in [1.82, 2.24) is 0 Å². The van der Waals surface area contributed by atoms with Crippen molar-refractivity contribution < 1.29 is 14.0 Å². The molecular weight excluding hydrogens is 293 g/mol. The lowest BCUT2D eigenvalue weighted by atomic mass is 9.97. The number of halogens is 1. The van der Waals surface area contributed by atoms with Gasteiger partial charge in [0.15, 0.2) is 5.78 Å². The molecular formula is C19H18FNO2. The van der Waals surface area contributed by atoms with Crippen molar-refractivity contribution in [1.29, 1.82) is 0 Å². The lowest BCUT2D eigenvalue weighted by Gasteiger charge is -2.30. The second-order valence-corrected chi connectivity index (χ2v) is 5.85. The Hall–Kier alpha value is -2.49. The number of carbonyl (C=O) groups is 2. The molecule has 0 saturated heterocycles. The summed E-state index contributed by atoms with van der Waals surface area (Å²) in [5.74, 6) is -0.281. The van der Waals surface area contributed by atoms with Crippen molar-refractivity contribution >= 4 is 17.4 Å². The van der Waals surface area contributed by atoms with Gasteiger partial charge in [0, 0.05) is 17.8 Å². The van der Waals surface area contributed by atoms with Gasteiger partial charge in [0.1, 0.15) is 5.82 Å². The van der Waals surface area contributed by atoms with Crippen LogP contribution in [0.3, 0.4) is 0 Å². The number of Topliss-reactive ketones (excluding diaryl/α,β-unsaturated/α-hetero) is 1. The van der Waals surface area contributed by atoms with Crippen LogP contribution in [0.25, 0.3) is 0 Å². The van der Waals surface area contributed by atoms with Gasteiger partial charge in [-0.25, -0.2) is 4.39 Å². The molecule has 0 aromatic heterocycles. The highest BCUT2D eigenvalue weighted by Crippen LogP contribution is 2.29. The minimum atomic E-state index is -0.304. The number of anilines is 1. The summed E-state index contributed by atoms with van der Waals surface area (Å²) in [5, 5.41) is 0. The van der Waals surface area contributed by atoms with Crippen LogP contribution in [-0.2, 0) is 17.6 Å². The first-order chi connectivity index (χ1) is 11.0. The van der Waals surface area contributed by atoms with Crippen LogP contribution in [-0.4, -0.2) is 18.2 Å². The van der Waals surface area contributed by atoms with E-state index in [4.69, 9.17) is 0 Å². The van der Waals surface area contributed by atoms with E-state index in [1.807, 2.05) is 12.1 Å². The fourth-order valence-electron chi connectivity index (χ4n) is 2.95. The maximum atomic E-state index is 13.0. The molecule has 3 nitrogen and oxygen atoms in total. The molecule has 0 unspecified atom stereocenters. The van der Waals surface area contributed by atoms with Crippen LogP contribution >= 0.6 is 0 Å². The zero-order valence-corrected chi connectivity index (χ0v) is 13.0.